The highest BCUT2D eigenvalue weighted by Crippen LogP contribution is 2.31. The van der Waals surface area contributed by atoms with Gasteiger partial charge < -0.3 is 9.84 Å². The minimum Gasteiger partial charge on any atom is -0.497 e. The second kappa shape index (κ2) is 7.42. The number of carbonyl (C=O) groups is 1. The topological polar surface area (TPSA) is 46.5 Å². The monoisotopic (exact) mass is 308 g/mol. The molecule has 1 aromatic rings. The van der Waals surface area contributed by atoms with Crippen LogP contribution in [-0.4, -0.2) is 29.4 Å². The first-order valence-corrected chi connectivity index (χ1v) is 6.87. The van der Waals surface area contributed by atoms with Crippen molar-refractivity contribution in [1.82, 2.24) is 0 Å². The first-order valence-electron chi connectivity index (χ1n) is 5.88. The first-order chi connectivity index (χ1) is 9.31. The Labute approximate surface area is 119 Å². The summed E-state index contributed by atoms with van der Waals surface area (Å²) in [7, 11) is 1.49. The van der Waals surface area contributed by atoms with Crippen LogP contribution in [0, 0.1) is 5.92 Å². The molecular weight excluding hydrogens is 293 g/mol. The number of hydrogen-bond acceptors (Lipinski definition) is 3. The van der Waals surface area contributed by atoms with Crippen LogP contribution in [0.25, 0.3) is 0 Å². The van der Waals surface area contributed by atoms with Gasteiger partial charge >= 0.3 is 11.5 Å². The lowest BCUT2D eigenvalue weighted by atomic mass is 9.97. The molecule has 20 heavy (non-hydrogen) atoms. The third kappa shape index (κ3) is 6.18. The highest BCUT2D eigenvalue weighted by atomic mass is 32.2. The molecule has 3 nitrogen and oxygen atoms in total. The van der Waals surface area contributed by atoms with Crippen LogP contribution in [0.3, 0.4) is 0 Å². The molecule has 0 radical (unpaired) electrons. The molecule has 0 spiro atoms. The van der Waals surface area contributed by atoms with Gasteiger partial charge in [0.15, 0.2) is 0 Å². The number of carboxylic acids is 1. The van der Waals surface area contributed by atoms with Gasteiger partial charge in [-0.15, -0.1) is 0 Å². The fraction of sp³-hybridized carbons (Fsp3) is 0.462. The van der Waals surface area contributed by atoms with E-state index in [1.807, 2.05) is 0 Å². The van der Waals surface area contributed by atoms with Gasteiger partial charge in [0.05, 0.1) is 13.0 Å². The van der Waals surface area contributed by atoms with E-state index in [2.05, 4.69) is 0 Å². The fourth-order valence-corrected chi connectivity index (χ4v) is 2.35. The van der Waals surface area contributed by atoms with E-state index < -0.39 is 17.4 Å². The van der Waals surface area contributed by atoms with Crippen molar-refractivity contribution in [2.75, 3.05) is 12.9 Å². The van der Waals surface area contributed by atoms with Gasteiger partial charge in [0.1, 0.15) is 5.75 Å². The molecule has 0 aliphatic rings. The number of hydrogen-bond donors (Lipinski definition) is 1. The highest BCUT2D eigenvalue weighted by Gasteiger charge is 2.29. The molecule has 0 heterocycles. The van der Waals surface area contributed by atoms with Crippen molar-refractivity contribution in [2.24, 2.45) is 5.92 Å². The summed E-state index contributed by atoms with van der Waals surface area (Å²) in [6.45, 7) is 0. The number of rotatable bonds is 7. The SMILES string of the molecule is COc1cccc(CC(CCSC(F)(F)F)C(=O)O)c1. The lowest BCUT2D eigenvalue weighted by Crippen LogP contribution is -2.18. The van der Waals surface area contributed by atoms with Crippen molar-refractivity contribution >= 4 is 17.7 Å². The van der Waals surface area contributed by atoms with Crippen LogP contribution in [0.15, 0.2) is 24.3 Å². The number of benzene rings is 1. The highest BCUT2D eigenvalue weighted by molar-refractivity contribution is 8.00. The van der Waals surface area contributed by atoms with Crippen molar-refractivity contribution in [2.45, 2.75) is 18.3 Å². The Morgan fingerprint density at radius 3 is 2.70 bits per heavy atom. The largest absolute Gasteiger partial charge is 0.497 e. The van der Waals surface area contributed by atoms with Gasteiger partial charge in [-0.05, 0) is 30.5 Å². The Kier molecular flexibility index (Phi) is 6.19. The van der Waals surface area contributed by atoms with E-state index >= 15 is 0 Å². The van der Waals surface area contributed by atoms with E-state index in [0.717, 1.165) is 5.56 Å². The van der Waals surface area contributed by atoms with Gasteiger partial charge in [0.25, 0.3) is 0 Å². The maximum absolute atomic E-state index is 12.0. The van der Waals surface area contributed by atoms with Crippen LogP contribution in [0.2, 0.25) is 0 Å². The summed E-state index contributed by atoms with van der Waals surface area (Å²) in [5.74, 6) is -1.59. The molecule has 0 aromatic heterocycles. The van der Waals surface area contributed by atoms with Crippen LogP contribution in [0.5, 0.6) is 5.75 Å². The molecule has 0 fully saturated rings. The predicted octanol–water partition coefficient (Wildman–Crippen LogP) is 3.58. The molecule has 0 saturated carbocycles. The predicted molar refractivity (Wildman–Crippen MR) is 71.0 cm³/mol. The Hall–Kier alpha value is -1.37. The summed E-state index contributed by atoms with van der Waals surface area (Å²) >= 11 is -0.191. The fourth-order valence-electron chi connectivity index (χ4n) is 1.71. The molecule has 1 rings (SSSR count). The average molecular weight is 308 g/mol. The van der Waals surface area contributed by atoms with Gasteiger partial charge in [-0.3, -0.25) is 4.79 Å². The number of carboxylic acid groups (broad SMARTS) is 1. The lowest BCUT2D eigenvalue weighted by molar-refractivity contribution is -0.141. The summed E-state index contributed by atoms with van der Waals surface area (Å²) in [6, 6.07) is 6.86. The van der Waals surface area contributed by atoms with Gasteiger partial charge in [-0.1, -0.05) is 23.9 Å². The van der Waals surface area contributed by atoms with Crippen LogP contribution in [-0.2, 0) is 11.2 Å². The Morgan fingerprint density at radius 1 is 1.45 bits per heavy atom. The molecule has 1 atom stereocenters. The second-order valence-electron chi connectivity index (χ2n) is 4.17. The van der Waals surface area contributed by atoms with E-state index in [1.165, 1.54) is 7.11 Å². The number of aliphatic carboxylic acids is 1. The van der Waals surface area contributed by atoms with Gasteiger partial charge in [0.2, 0.25) is 0 Å². The third-order valence-corrected chi connectivity index (χ3v) is 3.46. The Balaban J connectivity index is 2.60. The zero-order valence-corrected chi connectivity index (χ0v) is 11.6. The smallest absolute Gasteiger partial charge is 0.441 e. The summed E-state index contributed by atoms with van der Waals surface area (Å²) in [6.07, 6.45) is 0.154. The molecule has 0 saturated heterocycles. The number of thioether (sulfide) groups is 1. The number of halogens is 3. The van der Waals surface area contributed by atoms with Gasteiger partial charge in [-0.2, -0.15) is 13.2 Å². The van der Waals surface area contributed by atoms with E-state index in [1.54, 1.807) is 24.3 Å². The molecule has 1 N–H and O–H groups in total. The van der Waals surface area contributed by atoms with E-state index in [4.69, 9.17) is 9.84 Å². The van der Waals surface area contributed by atoms with Gasteiger partial charge in [0, 0.05) is 5.75 Å². The number of ether oxygens (including phenoxy) is 1. The standard InChI is InChI=1S/C13H15F3O3S/c1-19-11-4-2-3-9(8-11)7-10(12(17)18)5-6-20-13(14,15)16/h2-4,8,10H,5-7H2,1H3,(H,17,18). The second-order valence-corrected chi connectivity index (χ2v) is 5.33. The molecule has 0 amide bonds. The molecule has 0 aliphatic heterocycles. The van der Waals surface area contributed by atoms with Crippen LogP contribution >= 0.6 is 11.8 Å². The number of methoxy groups -OCH3 is 1. The molecule has 112 valence electrons. The lowest BCUT2D eigenvalue weighted by Gasteiger charge is -2.13. The normalized spacial score (nSPS) is 13.0. The van der Waals surface area contributed by atoms with Crippen molar-refractivity contribution in [1.29, 1.82) is 0 Å². The average Bonchev–Trinajstić information content (AvgIpc) is 2.36. The minimum absolute atomic E-state index is 0.0310. The van der Waals surface area contributed by atoms with Crippen molar-refractivity contribution in [3.05, 3.63) is 29.8 Å². The van der Waals surface area contributed by atoms with Crippen LogP contribution < -0.4 is 4.74 Å². The summed E-state index contributed by atoms with van der Waals surface area (Å²) in [5, 5.41) is 9.07. The maximum atomic E-state index is 12.0. The zero-order chi connectivity index (χ0) is 15.2. The van der Waals surface area contributed by atoms with E-state index in [0.29, 0.717) is 5.75 Å². The molecule has 7 heteroatoms. The molecule has 0 bridgehead atoms. The van der Waals surface area contributed by atoms with Gasteiger partial charge in [-0.25, -0.2) is 0 Å². The first kappa shape index (κ1) is 16.7. The van der Waals surface area contributed by atoms with Crippen LogP contribution in [0.1, 0.15) is 12.0 Å². The van der Waals surface area contributed by atoms with Crippen molar-refractivity contribution < 1.29 is 27.8 Å². The third-order valence-electron chi connectivity index (χ3n) is 2.70. The maximum Gasteiger partial charge on any atom is 0.441 e. The summed E-state index contributed by atoms with van der Waals surface area (Å²) < 4.78 is 41.1. The Morgan fingerprint density at radius 2 is 2.15 bits per heavy atom. The molecule has 1 unspecified atom stereocenters. The quantitative estimate of drug-likeness (QED) is 0.836. The number of alkyl halides is 3. The van der Waals surface area contributed by atoms with E-state index in [-0.39, 0.29) is 30.4 Å². The summed E-state index contributed by atoms with van der Waals surface area (Å²) in [4.78, 5) is 11.1. The summed E-state index contributed by atoms with van der Waals surface area (Å²) in [5.41, 5.74) is -3.59. The van der Waals surface area contributed by atoms with Crippen LogP contribution in [0.4, 0.5) is 13.2 Å². The van der Waals surface area contributed by atoms with E-state index in [9.17, 15) is 18.0 Å². The zero-order valence-electron chi connectivity index (χ0n) is 10.8. The molecule has 0 aliphatic carbocycles. The molecular formula is C13H15F3O3S. The minimum atomic E-state index is -4.32. The molecule has 1 aromatic carbocycles. The van der Waals surface area contributed by atoms with Crippen molar-refractivity contribution in [3.8, 4) is 5.75 Å². The van der Waals surface area contributed by atoms with Crippen molar-refractivity contribution in [3.63, 3.8) is 0 Å². The Bertz CT molecular complexity index is 449.